The second-order valence-corrected chi connectivity index (χ2v) is 22.7. The van der Waals surface area contributed by atoms with E-state index in [-0.39, 0.29) is 5.41 Å². The Labute approximate surface area is 450 Å². The highest BCUT2D eigenvalue weighted by Gasteiger charge is 2.40. The van der Waals surface area contributed by atoms with Crippen LogP contribution in [-0.2, 0) is 31.1 Å². The Morgan fingerprint density at radius 1 is 0.368 bits per heavy atom. The molecule has 0 radical (unpaired) electrons. The molecule has 7 aliphatic carbocycles. The minimum Gasteiger partial charge on any atom is -0.310 e. The third kappa shape index (κ3) is 8.27. The highest BCUT2D eigenvalue weighted by atomic mass is 15.2. The van der Waals surface area contributed by atoms with E-state index in [2.05, 4.69) is 260 Å². The van der Waals surface area contributed by atoms with Gasteiger partial charge < -0.3 is 9.80 Å². The van der Waals surface area contributed by atoms with Crippen LogP contribution >= 0.6 is 0 Å². The van der Waals surface area contributed by atoms with Crippen molar-refractivity contribution < 1.29 is 0 Å². The molecule has 2 fully saturated rings. The monoisotopic (exact) mass is 981 g/mol. The standard InChI is InChI=1S/C74H64N2/c1-74(2)69-24-13-12-21-66(69)67-44-43-63(49-70(67)74)76(62-41-37-58(38-42-62)73-64(53-15-6-3-7-16-53)22-14-23-65(73)54-17-8-4-9-18-54)72-48-51-26-31-56-30-25-50(27-32-57(72)33-28-51)47-71(56)75(60-19-10-5-11-20-60)61-39-35-55(36-40-61)68-46-52-29-34-59(68)45-52/h3-25,28,30,33,35-44,47-49,52,59,68H,26-27,29,31-32,34,45-46H2,1-2H3. The molecule has 10 aromatic carbocycles. The van der Waals surface area contributed by atoms with Crippen LogP contribution in [-0.4, -0.2) is 0 Å². The van der Waals surface area contributed by atoms with Crippen molar-refractivity contribution in [1.29, 1.82) is 0 Å². The van der Waals surface area contributed by atoms with Gasteiger partial charge in [-0.2, -0.15) is 0 Å². The zero-order valence-electron chi connectivity index (χ0n) is 43.8. The van der Waals surface area contributed by atoms with Crippen molar-refractivity contribution in [2.75, 3.05) is 9.80 Å². The van der Waals surface area contributed by atoms with E-state index in [1.54, 1.807) is 0 Å². The number of rotatable bonds is 10. The van der Waals surface area contributed by atoms with Crippen LogP contribution in [0.4, 0.5) is 34.1 Å². The fourth-order valence-electron chi connectivity index (χ4n) is 14.1. The molecule has 0 amide bonds. The number of para-hydroxylation sites is 1. The molecule has 6 bridgehead atoms. The maximum atomic E-state index is 2.57. The maximum Gasteiger partial charge on any atom is 0.0496 e. The lowest BCUT2D eigenvalue weighted by Gasteiger charge is -2.31. The van der Waals surface area contributed by atoms with Gasteiger partial charge in [-0.05, 0) is 207 Å². The van der Waals surface area contributed by atoms with Crippen molar-refractivity contribution in [3.05, 3.63) is 276 Å². The van der Waals surface area contributed by atoms with E-state index in [4.69, 9.17) is 0 Å². The largest absolute Gasteiger partial charge is 0.310 e. The summed E-state index contributed by atoms with van der Waals surface area (Å²) < 4.78 is 0. The van der Waals surface area contributed by atoms with Crippen molar-refractivity contribution in [3.63, 3.8) is 0 Å². The minimum absolute atomic E-state index is 0.136. The molecule has 2 saturated carbocycles. The lowest BCUT2D eigenvalue weighted by Crippen LogP contribution is -2.17. The molecule has 2 heteroatoms. The summed E-state index contributed by atoms with van der Waals surface area (Å²) in [5, 5.41) is 0. The van der Waals surface area contributed by atoms with Gasteiger partial charge in [0.05, 0.1) is 0 Å². The summed E-state index contributed by atoms with van der Waals surface area (Å²) in [7, 11) is 0. The molecule has 370 valence electrons. The summed E-state index contributed by atoms with van der Waals surface area (Å²) in [6, 6.07) is 89.6. The molecular weight excluding hydrogens is 917 g/mol. The van der Waals surface area contributed by atoms with E-state index in [1.807, 2.05) is 0 Å². The normalized spacial score (nSPS) is 17.7. The van der Waals surface area contributed by atoms with Gasteiger partial charge in [0.1, 0.15) is 0 Å². The Morgan fingerprint density at radius 2 is 0.882 bits per heavy atom. The molecule has 76 heavy (non-hydrogen) atoms. The number of benzene rings is 10. The summed E-state index contributed by atoms with van der Waals surface area (Å²) in [5.74, 6) is 2.52. The number of aryl methyl sites for hydroxylation is 4. The molecule has 3 unspecified atom stereocenters. The van der Waals surface area contributed by atoms with Crippen LogP contribution in [0.25, 0.3) is 44.5 Å². The van der Waals surface area contributed by atoms with Gasteiger partial charge in [0, 0.05) is 39.5 Å². The molecule has 0 N–H and O–H groups in total. The van der Waals surface area contributed by atoms with E-state index < -0.39 is 0 Å². The Kier molecular flexibility index (Phi) is 11.7. The third-order valence-corrected chi connectivity index (χ3v) is 18.0. The number of hydrogen-bond acceptors (Lipinski definition) is 2. The Hall–Kier alpha value is -8.20. The highest BCUT2D eigenvalue weighted by Crippen LogP contribution is 2.54. The molecule has 2 nitrogen and oxygen atoms in total. The first-order valence-corrected chi connectivity index (χ1v) is 28.0. The molecule has 0 spiro atoms. The predicted molar refractivity (Wildman–Crippen MR) is 319 cm³/mol. The molecule has 17 rings (SSSR count). The van der Waals surface area contributed by atoms with Crippen LogP contribution in [0, 0.1) is 11.8 Å². The van der Waals surface area contributed by atoms with Crippen LogP contribution in [0.2, 0.25) is 0 Å². The third-order valence-electron chi connectivity index (χ3n) is 18.0. The van der Waals surface area contributed by atoms with Crippen LogP contribution < -0.4 is 9.80 Å². The number of anilines is 6. The zero-order chi connectivity index (χ0) is 50.7. The lowest BCUT2D eigenvalue weighted by molar-refractivity contribution is 0.420. The van der Waals surface area contributed by atoms with Gasteiger partial charge in [-0.15, -0.1) is 0 Å². The van der Waals surface area contributed by atoms with Gasteiger partial charge in [-0.25, -0.2) is 0 Å². The quantitative estimate of drug-likeness (QED) is 0.135. The maximum absolute atomic E-state index is 2.57. The van der Waals surface area contributed by atoms with E-state index in [1.165, 1.54) is 138 Å². The Morgan fingerprint density at radius 3 is 1.47 bits per heavy atom. The van der Waals surface area contributed by atoms with Gasteiger partial charge in [0.15, 0.2) is 0 Å². The van der Waals surface area contributed by atoms with Gasteiger partial charge in [0.2, 0.25) is 0 Å². The number of hydrogen-bond donors (Lipinski definition) is 0. The average Bonchev–Trinajstić information content (AvgIpc) is 4.19. The van der Waals surface area contributed by atoms with E-state index >= 15 is 0 Å². The average molecular weight is 981 g/mol. The summed E-state index contributed by atoms with van der Waals surface area (Å²) >= 11 is 0. The lowest BCUT2D eigenvalue weighted by atomic mass is 9.82. The summed E-state index contributed by atoms with van der Waals surface area (Å²) in [5.41, 5.74) is 26.9. The molecule has 0 aromatic heterocycles. The van der Waals surface area contributed by atoms with Gasteiger partial charge in [0.25, 0.3) is 0 Å². The zero-order valence-corrected chi connectivity index (χ0v) is 43.8. The van der Waals surface area contributed by atoms with E-state index in [9.17, 15) is 0 Å². The van der Waals surface area contributed by atoms with Crippen LogP contribution in [0.1, 0.15) is 84.4 Å². The summed E-state index contributed by atoms with van der Waals surface area (Å²) in [6.45, 7) is 4.79. The first-order chi connectivity index (χ1) is 37.4. The number of fused-ring (bicyclic) bond motifs is 5. The van der Waals surface area contributed by atoms with Gasteiger partial charge in [-0.3, -0.25) is 0 Å². The second kappa shape index (κ2) is 19.2. The number of nitrogens with zero attached hydrogens (tertiary/aromatic N) is 2. The molecule has 7 aliphatic rings. The topological polar surface area (TPSA) is 6.48 Å². The summed E-state index contributed by atoms with van der Waals surface area (Å²) in [4.78, 5) is 5.10. The van der Waals surface area contributed by atoms with E-state index in [0.29, 0.717) is 0 Å². The van der Waals surface area contributed by atoms with Crippen LogP contribution in [0.15, 0.2) is 237 Å². The van der Waals surface area contributed by atoms with Crippen LogP contribution in [0.3, 0.4) is 0 Å². The minimum atomic E-state index is -0.136. The smallest absolute Gasteiger partial charge is 0.0496 e. The second-order valence-electron chi connectivity index (χ2n) is 22.7. The Bertz CT molecular complexity index is 3680. The predicted octanol–water partition coefficient (Wildman–Crippen LogP) is 19.7. The summed E-state index contributed by atoms with van der Waals surface area (Å²) in [6.07, 6.45) is 9.30. The van der Waals surface area contributed by atoms with Crippen LogP contribution in [0.5, 0.6) is 0 Å². The molecule has 0 saturated heterocycles. The first kappa shape index (κ1) is 46.3. The molecule has 3 atom stereocenters. The van der Waals surface area contributed by atoms with E-state index in [0.717, 1.165) is 49.1 Å². The van der Waals surface area contributed by atoms with Crippen molar-refractivity contribution in [2.45, 2.75) is 76.5 Å². The van der Waals surface area contributed by atoms with Crippen molar-refractivity contribution in [1.82, 2.24) is 0 Å². The molecular formula is C74H64N2. The van der Waals surface area contributed by atoms with Crippen molar-refractivity contribution in [2.24, 2.45) is 11.8 Å². The molecule has 10 aromatic rings. The molecule has 0 aliphatic heterocycles. The molecule has 0 heterocycles. The van der Waals surface area contributed by atoms with Gasteiger partial charge >= 0.3 is 0 Å². The van der Waals surface area contributed by atoms with Gasteiger partial charge in [-0.1, -0.05) is 196 Å². The SMILES string of the molecule is CC1(C)c2ccccc2-c2ccc(N(c3ccc(-c4c(-c5ccccc5)cccc4-c4ccccc4)cc3)c3cc4ccc3CCc3ccc(c(N(c5ccccc5)c5ccc(C6CC7CCC6C7)cc5)c3)CC4)cc21. The fraction of sp³-hybridized carbons (Fsp3) is 0.189. The highest BCUT2D eigenvalue weighted by molar-refractivity contribution is 5.95. The van der Waals surface area contributed by atoms with Crippen molar-refractivity contribution in [3.8, 4) is 44.5 Å². The fourth-order valence-corrected chi connectivity index (χ4v) is 14.1. The van der Waals surface area contributed by atoms with Crippen molar-refractivity contribution >= 4 is 34.1 Å². The first-order valence-electron chi connectivity index (χ1n) is 28.0. The Balaban J connectivity index is 0.865.